The topological polar surface area (TPSA) is 63.8 Å². The zero-order valence-electron chi connectivity index (χ0n) is 8.57. The van der Waals surface area contributed by atoms with Crippen molar-refractivity contribution in [1.82, 2.24) is 9.55 Å². The van der Waals surface area contributed by atoms with Gasteiger partial charge in [-0.3, -0.25) is 4.79 Å². The SMILES string of the molecule is Cc1c[nH]c(=S)n1C(C(N)=O)C(C)C. The number of hydrogen-bond donors (Lipinski definition) is 2. The van der Waals surface area contributed by atoms with E-state index in [4.69, 9.17) is 18.0 Å². The third-order valence-electron chi connectivity index (χ3n) is 2.20. The highest BCUT2D eigenvalue weighted by Gasteiger charge is 2.23. The highest BCUT2D eigenvalue weighted by atomic mass is 32.1. The zero-order chi connectivity index (χ0) is 10.9. The van der Waals surface area contributed by atoms with Crippen LogP contribution in [0.15, 0.2) is 6.20 Å². The first kappa shape index (κ1) is 11.0. The van der Waals surface area contributed by atoms with Crippen molar-refractivity contribution in [3.05, 3.63) is 16.7 Å². The van der Waals surface area contributed by atoms with E-state index in [0.717, 1.165) is 5.69 Å². The van der Waals surface area contributed by atoms with Crippen LogP contribution >= 0.6 is 12.2 Å². The summed E-state index contributed by atoms with van der Waals surface area (Å²) >= 11 is 5.09. The first-order chi connectivity index (χ1) is 6.45. The fraction of sp³-hybridized carbons (Fsp3) is 0.556. The number of aromatic amines is 1. The number of rotatable bonds is 3. The van der Waals surface area contributed by atoms with Crippen LogP contribution in [0.3, 0.4) is 0 Å². The third kappa shape index (κ3) is 1.87. The van der Waals surface area contributed by atoms with Crippen LogP contribution in [0, 0.1) is 17.6 Å². The molecule has 0 spiro atoms. The van der Waals surface area contributed by atoms with Gasteiger partial charge in [-0.1, -0.05) is 13.8 Å². The summed E-state index contributed by atoms with van der Waals surface area (Å²) in [7, 11) is 0. The van der Waals surface area contributed by atoms with Crippen molar-refractivity contribution in [2.45, 2.75) is 26.8 Å². The molecule has 0 bridgehead atoms. The molecular weight excluding hydrogens is 198 g/mol. The van der Waals surface area contributed by atoms with Gasteiger partial charge in [0.25, 0.3) is 0 Å². The molecule has 0 radical (unpaired) electrons. The minimum Gasteiger partial charge on any atom is -0.368 e. The Bertz CT molecular complexity index is 391. The minimum absolute atomic E-state index is 0.133. The van der Waals surface area contributed by atoms with Gasteiger partial charge in [0.2, 0.25) is 5.91 Å². The molecule has 3 N–H and O–H groups in total. The second-order valence-electron chi connectivity index (χ2n) is 3.70. The van der Waals surface area contributed by atoms with Crippen LogP contribution in [0.5, 0.6) is 0 Å². The van der Waals surface area contributed by atoms with Gasteiger partial charge in [-0.05, 0) is 25.1 Å². The molecule has 0 fully saturated rings. The van der Waals surface area contributed by atoms with E-state index in [-0.39, 0.29) is 17.9 Å². The predicted molar refractivity (Wildman–Crippen MR) is 57.4 cm³/mol. The van der Waals surface area contributed by atoms with Crippen LogP contribution in [-0.2, 0) is 4.79 Å². The summed E-state index contributed by atoms with van der Waals surface area (Å²) in [5, 5.41) is 0. The molecule has 0 aromatic carbocycles. The van der Waals surface area contributed by atoms with Crippen LogP contribution in [-0.4, -0.2) is 15.5 Å². The lowest BCUT2D eigenvalue weighted by Gasteiger charge is -2.20. The molecular formula is C9H15N3OS. The average Bonchev–Trinajstić information content (AvgIpc) is 2.34. The molecule has 5 heteroatoms. The van der Waals surface area contributed by atoms with Gasteiger partial charge in [0.05, 0.1) is 0 Å². The van der Waals surface area contributed by atoms with Crippen LogP contribution in [0.4, 0.5) is 0 Å². The second-order valence-corrected chi connectivity index (χ2v) is 4.08. The Kier molecular flexibility index (Phi) is 3.10. The van der Waals surface area contributed by atoms with Crippen molar-refractivity contribution < 1.29 is 4.79 Å². The molecule has 1 aromatic rings. The molecule has 0 aliphatic carbocycles. The standard InChI is InChI=1S/C9H15N3OS/c1-5(2)7(8(10)13)12-6(3)4-11-9(12)14/h4-5,7H,1-3H3,(H2,10,13)(H,11,14). The molecule has 1 atom stereocenters. The summed E-state index contributed by atoms with van der Waals surface area (Å²) < 4.78 is 2.31. The molecule has 1 aromatic heterocycles. The summed E-state index contributed by atoms with van der Waals surface area (Å²) in [4.78, 5) is 14.2. The van der Waals surface area contributed by atoms with Crippen molar-refractivity contribution >= 4 is 18.1 Å². The quantitative estimate of drug-likeness (QED) is 0.748. The number of H-pyrrole nitrogens is 1. The van der Waals surface area contributed by atoms with E-state index in [0.29, 0.717) is 4.77 Å². The van der Waals surface area contributed by atoms with Crippen LogP contribution < -0.4 is 5.73 Å². The Morgan fingerprint density at radius 3 is 2.50 bits per heavy atom. The summed E-state index contributed by atoms with van der Waals surface area (Å²) in [6, 6.07) is -0.367. The number of nitrogens with two attached hydrogens (primary N) is 1. The molecule has 1 unspecified atom stereocenters. The normalized spacial score (nSPS) is 13.1. The number of primary amides is 1. The van der Waals surface area contributed by atoms with Crippen molar-refractivity contribution in [2.75, 3.05) is 0 Å². The minimum atomic E-state index is -0.367. The lowest BCUT2D eigenvalue weighted by molar-refractivity contribution is -0.122. The first-order valence-corrected chi connectivity index (χ1v) is 4.91. The number of nitrogens with one attached hydrogen (secondary N) is 1. The van der Waals surface area contributed by atoms with Gasteiger partial charge >= 0.3 is 0 Å². The number of carbonyl (C=O) groups is 1. The summed E-state index contributed by atoms with van der Waals surface area (Å²) in [5.74, 6) is -0.215. The van der Waals surface area contributed by atoms with E-state index in [9.17, 15) is 4.79 Å². The first-order valence-electron chi connectivity index (χ1n) is 4.51. The van der Waals surface area contributed by atoms with E-state index < -0.39 is 0 Å². The van der Waals surface area contributed by atoms with Gasteiger partial charge in [-0.15, -0.1) is 0 Å². The molecule has 4 nitrogen and oxygen atoms in total. The third-order valence-corrected chi connectivity index (χ3v) is 2.52. The summed E-state index contributed by atoms with van der Waals surface area (Å²) in [5.41, 5.74) is 6.27. The van der Waals surface area contributed by atoms with E-state index in [1.54, 1.807) is 10.8 Å². The second kappa shape index (κ2) is 3.96. The number of hydrogen-bond acceptors (Lipinski definition) is 2. The number of aromatic nitrogens is 2. The molecule has 0 saturated heterocycles. The number of carbonyl (C=O) groups excluding carboxylic acids is 1. The lowest BCUT2D eigenvalue weighted by Crippen LogP contribution is -2.31. The van der Waals surface area contributed by atoms with Crippen molar-refractivity contribution in [3.63, 3.8) is 0 Å². The highest BCUT2D eigenvalue weighted by Crippen LogP contribution is 2.19. The fourth-order valence-electron chi connectivity index (χ4n) is 1.57. The largest absolute Gasteiger partial charge is 0.368 e. The maximum Gasteiger partial charge on any atom is 0.240 e. The van der Waals surface area contributed by atoms with Gasteiger partial charge in [0, 0.05) is 11.9 Å². The van der Waals surface area contributed by atoms with Gasteiger partial charge in [-0.2, -0.15) is 0 Å². The average molecular weight is 213 g/mol. The summed E-state index contributed by atoms with van der Waals surface area (Å²) in [6.07, 6.45) is 1.78. The molecule has 1 heterocycles. The maximum absolute atomic E-state index is 11.3. The van der Waals surface area contributed by atoms with Gasteiger partial charge in [0.15, 0.2) is 4.77 Å². The highest BCUT2D eigenvalue weighted by molar-refractivity contribution is 7.71. The predicted octanol–water partition coefficient (Wildman–Crippen LogP) is 1.54. The molecule has 1 rings (SSSR count). The van der Waals surface area contributed by atoms with Gasteiger partial charge in [0.1, 0.15) is 6.04 Å². The smallest absolute Gasteiger partial charge is 0.240 e. The summed E-state index contributed by atoms with van der Waals surface area (Å²) in [6.45, 7) is 5.79. The van der Waals surface area contributed by atoms with Crippen LogP contribution in [0.1, 0.15) is 25.6 Å². The van der Waals surface area contributed by atoms with Gasteiger partial charge in [-0.25, -0.2) is 0 Å². The Labute approximate surface area is 88.1 Å². The Morgan fingerprint density at radius 2 is 2.21 bits per heavy atom. The van der Waals surface area contributed by atoms with Crippen LogP contribution in [0.25, 0.3) is 0 Å². The Morgan fingerprint density at radius 1 is 1.64 bits per heavy atom. The van der Waals surface area contributed by atoms with Crippen molar-refractivity contribution in [1.29, 1.82) is 0 Å². The van der Waals surface area contributed by atoms with Crippen molar-refractivity contribution in [3.8, 4) is 0 Å². The van der Waals surface area contributed by atoms with Crippen LogP contribution in [0.2, 0.25) is 0 Å². The number of aryl methyl sites for hydroxylation is 1. The number of amides is 1. The molecule has 0 saturated carbocycles. The fourth-order valence-corrected chi connectivity index (χ4v) is 1.88. The van der Waals surface area contributed by atoms with Crippen molar-refractivity contribution in [2.24, 2.45) is 11.7 Å². The van der Waals surface area contributed by atoms with E-state index in [1.165, 1.54) is 0 Å². The zero-order valence-corrected chi connectivity index (χ0v) is 9.39. The molecule has 0 aliphatic rings. The Balaban J connectivity index is 3.24. The monoisotopic (exact) mass is 213 g/mol. The molecule has 0 aliphatic heterocycles. The molecule has 14 heavy (non-hydrogen) atoms. The van der Waals surface area contributed by atoms with E-state index >= 15 is 0 Å². The maximum atomic E-state index is 11.3. The number of imidazole rings is 1. The van der Waals surface area contributed by atoms with Gasteiger partial charge < -0.3 is 15.3 Å². The van der Waals surface area contributed by atoms with E-state index in [2.05, 4.69) is 4.98 Å². The molecule has 1 amide bonds. The lowest BCUT2D eigenvalue weighted by atomic mass is 10.0. The molecule has 78 valence electrons. The Hall–Kier alpha value is -1.10. The number of nitrogens with zero attached hydrogens (tertiary/aromatic N) is 1. The van der Waals surface area contributed by atoms with E-state index in [1.807, 2.05) is 20.8 Å².